The molecular formula is C24H24N2O2. The number of aryl methyl sites for hydroxylation is 1. The number of nitrogens with one attached hydrogen (secondary N) is 1. The highest BCUT2D eigenvalue weighted by Crippen LogP contribution is 2.35. The van der Waals surface area contributed by atoms with Crippen LogP contribution in [-0.2, 0) is 6.42 Å². The predicted octanol–water partition coefficient (Wildman–Crippen LogP) is 5.18. The lowest BCUT2D eigenvalue weighted by Gasteiger charge is -2.37. The van der Waals surface area contributed by atoms with Crippen molar-refractivity contribution in [3.8, 4) is 5.75 Å². The third kappa shape index (κ3) is 3.58. The van der Waals surface area contributed by atoms with Crippen LogP contribution in [0, 0.1) is 6.92 Å². The van der Waals surface area contributed by atoms with Crippen molar-refractivity contribution in [1.29, 1.82) is 0 Å². The Morgan fingerprint density at radius 2 is 1.71 bits per heavy atom. The van der Waals surface area contributed by atoms with Gasteiger partial charge in [-0.25, -0.2) is 4.79 Å². The van der Waals surface area contributed by atoms with Gasteiger partial charge in [-0.05, 0) is 54.3 Å². The molecule has 1 aliphatic rings. The van der Waals surface area contributed by atoms with Gasteiger partial charge in [0.05, 0.1) is 13.2 Å². The molecule has 1 N–H and O–H groups in total. The number of anilines is 1. The summed E-state index contributed by atoms with van der Waals surface area (Å²) in [6.07, 6.45) is 0.856. The van der Waals surface area contributed by atoms with E-state index in [1.165, 1.54) is 16.7 Å². The van der Waals surface area contributed by atoms with Crippen LogP contribution in [0.3, 0.4) is 0 Å². The molecule has 1 aliphatic heterocycles. The molecule has 0 unspecified atom stereocenters. The number of ether oxygens (including phenoxy) is 1. The largest absolute Gasteiger partial charge is 0.497 e. The highest BCUT2D eigenvalue weighted by Gasteiger charge is 2.31. The number of benzene rings is 3. The van der Waals surface area contributed by atoms with Gasteiger partial charge in [0.2, 0.25) is 0 Å². The maximum Gasteiger partial charge on any atom is 0.322 e. The first-order valence-electron chi connectivity index (χ1n) is 9.52. The van der Waals surface area contributed by atoms with E-state index in [2.05, 4.69) is 54.7 Å². The molecule has 1 heterocycles. The van der Waals surface area contributed by atoms with Crippen LogP contribution in [0.1, 0.15) is 28.3 Å². The lowest BCUT2D eigenvalue weighted by atomic mass is 9.88. The molecule has 0 saturated heterocycles. The smallest absolute Gasteiger partial charge is 0.322 e. The predicted molar refractivity (Wildman–Crippen MR) is 112 cm³/mol. The van der Waals surface area contributed by atoms with Crippen molar-refractivity contribution in [1.82, 2.24) is 4.90 Å². The zero-order valence-corrected chi connectivity index (χ0v) is 16.2. The van der Waals surface area contributed by atoms with Gasteiger partial charge in [0, 0.05) is 12.2 Å². The molecule has 1 atom stereocenters. The van der Waals surface area contributed by atoms with E-state index in [1.54, 1.807) is 7.11 Å². The number of hydrogen-bond acceptors (Lipinski definition) is 2. The lowest BCUT2D eigenvalue weighted by molar-refractivity contribution is 0.194. The van der Waals surface area contributed by atoms with Crippen molar-refractivity contribution in [3.05, 3.63) is 95.1 Å². The minimum absolute atomic E-state index is 0.0924. The van der Waals surface area contributed by atoms with Crippen molar-refractivity contribution >= 4 is 11.7 Å². The Morgan fingerprint density at radius 1 is 1.00 bits per heavy atom. The van der Waals surface area contributed by atoms with Gasteiger partial charge < -0.3 is 15.0 Å². The number of carbonyl (C=O) groups excluding carboxylic acids is 1. The van der Waals surface area contributed by atoms with E-state index in [0.717, 1.165) is 23.4 Å². The summed E-state index contributed by atoms with van der Waals surface area (Å²) < 4.78 is 5.19. The van der Waals surface area contributed by atoms with E-state index in [0.29, 0.717) is 6.54 Å². The second-order valence-corrected chi connectivity index (χ2v) is 7.11. The maximum atomic E-state index is 13.2. The fourth-order valence-corrected chi connectivity index (χ4v) is 3.76. The molecule has 4 rings (SSSR count). The van der Waals surface area contributed by atoms with Gasteiger partial charge in [-0.1, -0.05) is 54.1 Å². The van der Waals surface area contributed by atoms with Gasteiger partial charge in [0.1, 0.15) is 5.75 Å². The van der Waals surface area contributed by atoms with E-state index >= 15 is 0 Å². The van der Waals surface area contributed by atoms with Gasteiger partial charge in [-0.15, -0.1) is 0 Å². The molecule has 4 heteroatoms. The van der Waals surface area contributed by atoms with E-state index in [9.17, 15) is 4.79 Å². The summed E-state index contributed by atoms with van der Waals surface area (Å²) in [4.78, 5) is 15.1. The van der Waals surface area contributed by atoms with Crippen LogP contribution in [0.25, 0.3) is 0 Å². The molecule has 0 aliphatic carbocycles. The fraction of sp³-hybridized carbons (Fsp3) is 0.208. The summed E-state index contributed by atoms with van der Waals surface area (Å²) in [7, 11) is 1.63. The molecule has 0 fully saturated rings. The van der Waals surface area contributed by atoms with Crippen molar-refractivity contribution < 1.29 is 9.53 Å². The van der Waals surface area contributed by atoms with Crippen LogP contribution in [0.5, 0.6) is 5.75 Å². The molecule has 4 nitrogen and oxygen atoms in total. The molecule has 0 spiro atoms. The molecule has 0 aromatic heterocycles. The molecule has 3 aromatic carbocycles. The summed E-state index contributed by atoms with van der Waals surface area (Å²) in [6.45, 7) is 2.75. The Morgan fingerprint density at radius 3 is 2.43 bits per heavy atom. The number of nitrogens with zero attached hydrogens (tertiary/aromatic N) is 1. The Balaban J connectivity index is 1.65. The third-order valence-electron chi connectivity index (χ3n) is 5.28. The van der Waals surface area contributed by atoms with Crippen LogP contribution in [0.15, 0.2) is 72.8 Å². The van der Waals surface area contributed by atoms with Crippen molar-refractivity contribution in [2.75, 3.05) is 19.0 Å². The molecule has 0 saturated carbocycles. The van der Waals surface area contributed by atoms with E-state index < -0.39 is 0 Å². The van der Waals surface area contributed by atoms with Gasteiger partial charge in [-0.3, -0.25) is 0 Å². The second kappa shape index (κ2) is 7.77. The van der Waals surface area contributed by atoms with Gasteiger partial charge in [0.25, 0.3) is 0 Å². The van der Waals surface area contributed by atoms with E-state index in [1.807, 2.05) is 35.2 Å². The van der Waals surface area contributed by atoms with Crippen LogP contribution in [0.2, 0.25) is 0 Å². The van der Waals surface area contributed by atoms with Crippen LogP contribution < -0.4 is 10.1 Å². The summed E-state index contributed by atoms with van der Waals surface area (Å²) in [6, 6.07) is 24.1. The number of carbonyl (C=O) groups is 1. The highest BCUT2D eigenvalue weighted by molar-refractivity contribution is 5.90. The lowest BCUT2D eigenvalue weighted by Crippen LogP contribution is -2.43. The highest BCUT2D eigenvalue weighted by atomic mass is 16.5. The minimum Gasteiger partial charge on any atom is -0.497 e. The first-order chi connectivity index (χ1) is 13.7. The quantitative estimate of drug-likeness (QED) is 0.688. The Kier molecular flexibility index (Phi) is 5.02. The van der Waals surface area contributed by atoms with Crippen LogP contribution >= 0.6 is 0 Å². The van der Waals surface area contributed by atoms with Crippen molar-refractivity contribution in [2.24, 2.45) is 0 Å². The van der Waals surface area contributed by atoms with Gasteiger partial charge >= 0.3 is 6.03 Å². The molecule has 2 amide bonds. The van der Waals surface area contributed by atoms with Crippen LogP contribution in [0.4, 0.5) is 10.5 Å². The number of methoxy groups -OCH3 is 1. The second-order valence-electron chi connectivity index (χ2n) is 7.11. The van der Waals surface area contributed by atoms with Crippen molar-refractivity contribution in [2.45, 2.75) is 19.4 Å². The summed E-state index contributed by atoms with van der Waals surface area (Å²) in [5.74, 6) is 0.766. The summed E-state index contributed by atoms with van der Waals surface area (Å²) in [5.41, 5.74) is 5.60. The number of amides is 2. The van der Waals surface area contributed by atoms with Crippen LogP contribution in [-0.4, -0.2) is 24.6 Å². The zero-order chi connectivity index (χ0) is 19.5. The first-order valence-corrected chi connectivity index (χ1v) is 9.52. The van der Waals surface area contributed by atoms with E-state index in [-0.39, 0.29) is 12.1 Å². The molecular weight excluding hydrogens is 348 g/mol. The minimum atomic E-state index is -0.0937. The summed E-state index contributed by atoms with van der Waals surface area (Å²) >= 11 is 0. The van der Waals surface area contributed by atoms with E-state index in [4.69, 9.17) is 4.74 Å². The molecule has 0 radical (unpaired) electrons. The topological polar surface area (TPSA) is 41.6 Å². The Hall–Kier alpha value is -3.27. The Bertz CT molecular complexity index is 965. The average molecular weight is 372 g/mol. The third-order valence-corrected chi connectivity index (χ3v) is 5.28. The number of fused-ring (bicyclic) bond motifs is 1. The number of rotatable bonds is 3. The standard InChI is InChI=1S/C24H24N2O2/c1-17-7-9-19(10-8-17)23-22-6-4-3-5-18(22)15-16-26(23)24(27)25-20-11-13-21(28-2)14-12-20/h3-14,23H,15-16H2,1-2H3,(H,25,27)/t23-/m1/s1. The summed E-state index contributed by atoms with van der Waals surface area (Å²) in [5, 5.41) is 3.04. The number of urea groups is 1. The average Bonchev–Trinajstić information content (AvgIpc) is 2.74. The molecule has 0 bridgehead atoms. The maximum absolute atomic E-state index is 13.2. The molecule has 142 valence electrons. The monoisotopic (exact) mass is 372 g/mol. The molecule has 3 aromatic rings. The SMILES string of the molecule is COc1ccc(NC(=O)N2CCc3ccccc3[C@H]2c2ccc(C)cc2)cc1. The normalized spacial score (nSPS) is 15.6. The van der Waals surface area contributed by atoms with Gasteiger partial charge in [0.15, 0.2) is 0 Å². The van der Waals surface area contributed by atoms with Gasteiger partial charge in [-0.2, -0.15) is 0 Å². The van der Waals surface area contributed by atoms with Crippen molar-refractivity contribution in [3.63, 3.8) is 0 Å². The fourth-order valence-electron chi connectivity index (χ4n) is 3.76. The molecule has 28 heavy (non-hydrogen) atoms. The number of hydrogen-bond donors (Lipinski definition) is 1. The first kappa shape index (κ1) is 18.1. The Labute approximate surface area is 165 Å². The zero-order valence-electron chi connectivity index (χ0n) is 16.2.